The Labute approximate surface area is 370 Å². The highest BCUT2D eigenvalue weighted by atomic mass is 19.4. The molecule has 1 N–H and O–H groups in total. The maximum absolute atomic E-state index is 14.0. The molecule has 0 amide bonds. The van der Waals surface area contributed by atoms with Gasteiger partial charge in [0.25, 0.3) is 0 Å². The smallest absolute Gasteiger partial charge is 0.355 e. The minimum atomic E-state index is -4.67. The van der Waals surface area contributed by atoms with Gasteiger partial charge in [-0.05, 0) is 136 Å². The Morgan fingerprint density at radius 1 is 0.273 bits per heavy atom. The van der Waals surface area contributed by atoms with Gasteiger partial charge in [0.15, 0.2) is 0 Å². The SMILES string of the molecule is FC(F)(F)c1ccc(-c2ccc(Nc3cc(C(F)(F)F)ccc3-c3ccc(N(c4ccc(-c5ccc(C(F)(F)F)cc5)cc4)c4ccc(-c5ccc(C(F)(F)F)cc5)cc4)cc3)cc2)cc1. The normalized spacial score (nSPS) is 12.2. The summed E-state index contributed by atoms with van der Waals surface area (Å²) in [4.78, 5) is 1.86. The first-order chi connectivity index (χ1) is 31.2. The first kappa shape index (κ1) is 45.1. The van der Waals surface area contributed by atoms with E-state index in [4.69, 9.17) is 0 Å². The molecule has 2 nitrogen and oxygen atoms in total. The van der Waals surface area contributed by atoms with Crippen LogP contribution in [-0.4, -0.2) is 0 Å². The minimum absolute atomic E-state index is 0.120. The number of anilines is 5. The zero-order chi connectivity index (χ0) is 47.0. The van der Waals surface area contributed by atoms with E-state index in [1.54, 1.807) is 97.1 Å². The van der Waals surface area contributed by atoms with Gasteiger partial charge in [-0.25, -0.2) is 0 Å². The number of rotatable bonds is 9. The Hall–Kier alpha value is -7.48. The van der Waals surface area contributed by atoms with E-state index in [0.717, 1.165) is 48.5 Å². The standard InChI is InChI=1S/C52H32F12N2/c53-49(54,55)39-15-1-32(2-16-39)35-7-22-43(23-8-35)65-48-31-42(52(62,63)64)21-30-47(48)38-13-28-46(29-14-38)66(44-24-9-36(10-25-44)33-3-17-40(18-4-33)50(56,57)58)45-26-11-37(12-27-45)34-5-19-41(20-6-34)51(59,60)61/h1-31,65H. The Morgan fingerprint density at radius 2 is 0.530 bits per heavy atom. The van der Waals surface area contributed by atoms with Gasteiger partial charge in [-0.15, -0.1) is 0 Å². The van der Waals surface area contributed by atoms with Gasteiger partial charge in [0.2, 0.25) is 0 Å². The predicted molar refractivity (Wildman–Crippen MR) is 233 cm³/mol. The van der Waals surface area contributed by atoms with Crippen molar-refractivity contribution < 1.29 is 52.7 Å². The molecule has 0 bridgehead atoms. The largest absolute Gasteiger partial charge is 0.416 e. The van der Waals surface area contributed by atoms with Crippen LogP contribution >= 0.6 is 0 Å². The molecule has 8 aromatic rings. The fraction of sp³-hybridized carbons (Fsp3) is 0.0769. The highest BCUT2D eigenvalue weighted by molar-refractivity contribution is 5.85. The van der Waals surface area contributed by atoms with Gasteiger partial charge in [-0.1, -0.05) is 91.0 Å². The van der Waals surface area contributed by atoms with Gasteiger partial charge in [-0.3, -0.25) is 0 Å². The summed E-state index contributed by atoms with van der Waals surface area (Å²) in [6, 6.07) is 44.8. The Morgan fingerprint density at radius 3 is 0.833 bits per heavy atom. The second-order valence-corrected chi connectivity index (χ2v) is 15.2. The molecule has 0 aliphatic carbocycles. The molecule has 0 spiro atoms. The number of nitrogens with zero attached hydrogens (tertiary/aromatic N) is 1. The molecule has 0 fully saturated rings. The number of hydrogen-bond donors (Lipinski definition) is 1. The van der Waals surface area contributed by atoms with Gasteiger partial charge < -0.3 is 10.2 Å². The van der Waals surface area contributed by atoms with Crippen LogP contribution in [0.5, 0.6) is 0 Å². The van der Waals surface area contributed by atoms with E-state index in [2.05, 4.69) is 5.32 Å². The zero-order valence-corrected chi connectivity index (χ0v) is 33.9. The van der Waals surface area contributed by atoms with Gasteiger partial charge in [0.05, 0.1) is 22.3 Å². The zero-order valence-electron chi connectivity index (χ0n) is 33.9. The number of halogens is 12. The summed E-state index contributed by atoms with van der Waals surface area (Å²) in [5.74, 6) is 0. The third-order valence-electron chi connectivity index (χ3n) is 10.8. The average molecular weight is 913 g/mol. The third kappa shape index (κ3) is 10.1. The number of alkyl halides is 12. The van der Waals surface area contributed by atoms with Crippen LogP contribution in [0.15, 0.2) is 188 Å². The van der Waals surface area contributed by atoms with Crippen LogP contribution in [-0.2, 0) is 24.7 Å². The fourth-order valence-corrected chi connectivity index (χ4v) is 7.38. The predicted octanol–water partition coefficient (Wildman–Crippen LogP) is 17.6. The highest BCUT2D eigenvalue weighted by Gasteiger charge is 2.33. The van der Waals surface area contributed by atoms with Crippen molar-refractivity contribution in [2.24, 2.45) is 0 Å². The summed E-state index contributed by atoms with van der Waals surface area (Å²) >= 11 is 0. The minimum Gasteiger partial charge on any atom is -0.355 e. The molecule has 0 saturated heterocycles. The second kappa shape index (κ2) is 17.5. The van der Waals surface area contributed by atoms with Crippen LogP contribution < -0.4 is 10.2 Å². The molecule has 334 valence electrons. The molecule has 0 atom stereocenters. The maximum Gasteiger partial charge on any atom is 0.416 e. The first-order valence-corrected chi connectivity index (χ1v) is 19.9. The van der Waals surface area contributed by atoms with Crippen LogP contribution in [0, 0.1) is 0 Å². The average Bonchev–Trinajstić information content (AvgIpc) is 3.29. The van der Waals surface area contributed by atoms with Gasteiger partial charge in [0.1, 0.15) is 0 Å². The topological polar surface area (TPSA) is 15.3 Å². The van der Waals surface area contributed by atoms with Crippen LogP contribution in [0.25, 0.3) is 44.5 Å². The van der Waals surface area contributed by atoms with Crippen LogP contribution in [0.3, 0.4) is 0 Å². The van der Waals surface area contributed by atoms with E-state index in [0.29, 0.717) is 67.3 Å². The van der Waals surface area contributed by atoms with Crippen molar-refractivity contribution in [3.8, 4) is 44.5 Å². The van der Waals surface area contributed by atoms with Crippen LogP contribution in [0.2, 0.25) is 0 Å². The van der Waals surface area contributed by atoms with Crippen molar-refractivity contribution in [3.63, 3.8) is 0 Å². The Bertz CT molecular complexity index is 2820. The van der Waals surface area contributed by atoms with E-state index in [1.165, 1.54) is 42.5 Å². The molecular weight excluding hydrogens is 881 g/mol. The summed E-state index contributed by atoms with van der Waals surface area (Å²) in [7, 11) is 0. The number of benzene rings is 8. The molecule has 8 aromatic carbocycles. The van der Waals surface area contributed by atoms with Crippen molar-refractivity contribution in [1.29, 1.82) is 0 Å². The lowest BCUT2D eigenvalue weighted by Crippen LogP contribution is -2.10. The summed E-state index contributed by atoms with van der Waals surface area (Å²) < 4.78 is 161. The number of nitrogens with one attached hydrogen (secondary N) is 1. The van der Waals surface area contributed by atoms with Crippen LogP contribution in [0.4, 0.5) is 81.1 Å². The molecule has 0 unspecified atom stereocenters. The van der Waals surface area contributed by atoms with Crippen molar-refractivity contribution in [2.75, 3.05) is 10.2 Å². The Kier molecular flexibility index (Phi) is 11.9. The van der Waals surface area contributed by atoms with Gasteiger partial charge >= 0.3 is 24.7 Å². The lowest BCUT2D eigenvalue weighted by molar-refractivity contribution is -0.138. The highest BCUT2D eigenvalue weighted by Crippen LogP contribution is 2.42. The molecule has 8 rings (SSSR count). The lowest BCUT2D eigenvalue weighted by atomic mass is 9.99. The molecule has 14 heteroatoms. The van der Waals surface area contributed by atoms with Crippen molar-refractivity contribution in [3.05, 3.63) is 210 Å². The molecule has 0 saturated carbocycles. The quantitative estimate of drug-likeness (QED) is 0.145. The molecule has 0 heterocycles. The van der Waals surface area contributed by atoms with Crippen LogP contribution in [0.1, 0.15) is 22.3 Å². The molecule has 0 aliphatic rings. The van der Waals surface area contributed by atoms with Gasteiger partial charge in [-0.2, -0.15) is 52.7 Å². The van der Waals surface area contributed by atoms with Gasteiger partial charge in [0, 0.05) is 34.0 Å². The molecule has 0 aromatic heterocycles. The first-order valence-electron chi connectivity index (χ1n) is 19.9. The summed E-state index contributed by atoms with van der Waals surface area (Å²) in [5, 5.41) is 3.07. The summed E-state index contributed by atoms with van der Waals surface area (Å²) in [6.45, 7) is 0. The fourth-order valence-electron chi connectivity index (χ4n) is 7.38. The summed E-state index contributed by atoms with van der Waals surface area (Å²) in [6.07, 6.45) is -18.2. The molecule has 66 heavy (non-hydrogen) atoms. The molecular formula is C52H32F12N2. The third-order valence-corrected chi connectivity index (χ3v) is 10.8. The number of hydrogen-bond acceptors (Lipinski definition) is 2. The summed E-state index contributed by atoms with van der Waals surface area (Å²) in [5.41, 5.74) is 3.49. The van der Waals surface area contributed by atoms with Crippen molar-refractivity contribution in [1.82, 2.24) is 0 Å². The van der Waals surface area contributed by atoms with E-state index in [9.17, 15) is 52.7 Å². The molecule has 0 radical (unpaired) electrons. The van der Waals surface area contributed by atoms with E-state index >= 15 is 0 Å². The molecule has 0 aliphatic heterocycles. The van der Waals surface area contributed by atoms with E-state index in [1.807, 2.05) is 4.90 Å². The van der Waals surface area contributed by atoms with E-state index < -0.39 is 47.0 Å². The van der Waals surface area contributed by atoms with Crippen molar-refractivity contribution >= 4 is 28.4 Å². The lowest BCUT2D eigenvalue weighted by Gasteiger charge is -2.26. The maximum atomic E-state index is 14.0. The Balaban J connectivity index is 1.12. The second-order valence-electron chi connectivity index (χ2n) is 15.2. The monoisotopic (exact) mass is 912 g/mol. The van der Waals surface area contributed by atoms with E-state index in [-0.39, 0.29) is 5.69 Å². The van der Waals surface area contributed by atoms with Crippen molar-refractivity contribution in [2.45, 2.75) is 24.7 Å².